The van der Waals surface area contributed by atoms with Gasteiger partial charge in [0.25, 0.3) is 0 Å². The SMILES string of the molecule is CCN(CC)CCOc1ccc(/C=C2\CCCc3cc(N4CC(CNC)OC4=O)ccc3C2=O)cc1. The van der Waals surface area contributed by atoms with E-state index in [1.54, 1.807) is 4.90 Å². The highest BCUT2D eigenvalue weighted by Crippen LogP contribution is 2.31. The number of allylic oxidation sites excluding steroid dienone is 1. The molecule has 1 fully saturated rings. The molecule has 1 atom stereocenters. The van der Waals surface area contributed by atoms with Gasteiger partial charge in [0.05, 0.1) is 6.54 Å². The number of ketones is 1. The summed E-state index contributed by atoms with van der Waals surface area (Å²) in [5.41, 5.74) is 4.30. The first kappa shape index (κ1) is 25.9. The number of carbonyl (C=O) groups is 2. The Labute approximate surface area is 214 Å². The summed E-state index contributed by atoms with van der Waals surface area (Å²) in [6.45, 7) is 9.04. The van der Waals surface area contributed by atoms with Gasteiger partial charge in [-0.05, 0) is 86.9 Å². The molecule has 1 aliphatic heterocycles. The Morgan fingerprint density at radius 3 is 2.61 bits per heavy atom. The second-order valence-electron chi connectivity index (χ2n) is 9.31. The Bertz CT molecular complexity index is 1090. The lowest BCUT2D eigenvalue weighted by atomic mass is 9.97. The summed E-state index contributed by atoms with van der Waals surface area (Å²) in [5, 5.41) is 3.05. The number of hydrogen-bond donors (Lipinski definition) is 1. The van der Waals surface area contributed by atoms with Gasteiger partial charge >= 0.3 is 6.09 Å². The molecule has 1 N–H and O–H groups in total. The Hall–Kier alpha value is -3.16. The van der Waals surface area contributed by atoms with E-state index in [2.05, 4.69) is 24.1 Å². The van der Waals surface area contributed by atoms with E-state index in [9.17, 15) is 9.59 Å². The van der Waals surface area contributed by atoms with Gasteiger partial charge in [-0.15, -0.1) is 0 Å². The molecular weight excluding hydrogens is 454 g/mol. The predicted octanol–water partition coefficient (Wildman–Crippen LogP) is 4.55. The van der Waals surface area contributed by atoms with E-state index in [4.69, 9.17) is 9.47 Å². The van der Waals surface area contributed by atoms with Crippen LogP contribution in [-0.4, -0.2) is 69.3 Å². The first-order valence-corrected chi connectivity index (χ1v) is 13.0. The average Bonchev–Trinajstić information content (AvgIpc) is 3.18. The van der Waals surface area contributed by atoms with Crippen LogP contribution < -0.4 is 15.0 Å². The highest BCUT2D eigenvalue weighted by molar-refractivity contribution is 6.12. The number of cyclic esters (lactones) is 1. The van der Waals surface area contributed by atoms with Crippen molar-refractivity contribution >= 4 is 23.6 Å². The van der Waals surface area contributed by atoms with Crippen LogP contribution in [0.5, 0.6) is 5.75 Å². The van der Waals surface area contributed by atoms with E-state index in [-0.39, 0.29) is 18.0 Å². The molecule has 2 aromatic carbocycles. The second kappa shape index (κ2) is 12.2. The van der Waals surface area contributed by atoms with Crippen molar-refractivity contribution < 1.29 is 19.1 Å². The second-order valence-corrected chi connectivity index (χ2v) is 9.31. The molecular formula is C29H37N3O4. The lowest BCUT2D eigenvalue weighted by Crippen LogP contribution is -2.29. The molecule has 1 unspecified atom stereocenters. The van der Waals surface area contributed by atoms with Crippen molar-refractivity contribution in [2.45, 2.75) is 39.2 Å². The standard InChI is InChI=1S/C29H37N3O4/c1-4-31(5-2)15-16-35-25-12-9-21(10-13-25)17-23-8-6-7-22-18-24(11-14-27(22)28(23)33)32-20-26(19-30-3)36-29(32)34/h9-14,17-18,26,30H,4-8,15-16,19-20H2,1-3H3/b23-17+. The first-order chi connectivity index (χ1) is 17.5. The molecule has 2 aromatic rings. The van der Waals surface area contributed by atoms with Crippen LogP contribution in [0.15, 0.2) is 48.0 Å². The number of fused-ring (bicyclic) bond motifs is 1. The third-order valence-electron chi connectivity index (χ3n) is 6.93. The molecule has 0 bridgehead atoms. The van der Waals surface area contributed by atoms with Crippen LogP contribution >= 0.6 is 0 Å². The number of carbonyl (C=O) groups excluding carboxylic acids is 2. The molecule has 7 heteroatoms. The number of amides is 1. The van der Waals surface area contributed by atoms with Gasteiger partial charge in [0, 0.05) is 29.9 Å². The number of Topliss-reactive ketones (excluding diaryl/α,β-unsaturated/α-hetero) is 1. The van der Waals surface area contributed by atoms with Gasteiger partial charge in [-0.3, -0.25) is 9.69 Å². The third kappa shape index (κ3) is 6.15. The van der Waals surface area contributed by atoms with Crippen LogP contribution in [0, 0.1) is 0 Å². The van der Waals surface area contributed by atoms with Gasteiger partial charge < -0.3 is 19.7 Å². The lowest BCUT2D eigenvalue weighted by molar-refractivity contribution is 0.103. The van der Waals surface area contributed by atoms with Crippen LogP contribution in [-0.2, 0) is 11.2 Å². The minimum Gasteiger partial charge on any atom is -0.492 e. The van der Waals surface area contributed by atoms with Gasteiger partial charge in [-0.2, -0.15) is 0 Å². The molecule has 1 heterocycles. The van der Waals surface area contributed by atoms with Crippen LogP contribution in [0.25, 0.3) is 6.08 Å². The summed E-state index contributed by atoms with van der Waals surface area (Å²) >= 11 is 0. The molecule has 2 aliphatic rings. The van der Waals surface area contributed by atoms with Gasteiger partial charge in [0.15, 0.2) is 5.78 Å². The van der Waals surface area contributed by atoms with Crippen molar-refractivity contribution in [1.82, 2.24) is 10.2 Å². The van der Waals surface area contributed by atoms with Gasteiger partial charge in [-0.25, -0.2) is 4.79 Å². The van der Waals surface area contributed by atoms with Crippen LogP contribution in [0.3, 0.4) is 0 Å². The van der Waals surface area contributed by atoms with E-state index in [1.807, 2.05) is 55.6 Å². The monoisotopic (exact) mass is 491 g/mol. The van der Waals surface area contributed by atoms with Crippen molar-refractivity contribution in [2.75, 3.05) is 51.3 Å². The Morgan fingerprint density at radius 2 is 1.89 bits per heavy atom. The minimum atomic E-state index is -0.337. The fraction of sp³-hybridized carbons (Fsp3) is 0.448. The number of nitrogens with zero attached hydrogens (tertiary/aromatic N) is 2. The number of ether oxygens (including phenoxy) is 2. The van der Waals surface area contributed by atoms with Crippen molar-refractivity contribution in [2.24, 2.45) is 0 Å². The largest absolute Gasteiger partial charge is 0.492 e. The van der Waals surface area contributed by atoms with Crippen molar-refractivity contribution in [3.8, 4) is 5.75 Å². The smallest absolute Gasteiger partial charge is 0.414 e. The summed E-state index contributed by atoms with van der Waals surface area (Å²) in [6, 6.07) is 13.6. The molecule has 7 nitrogen and oxygen atoms in total. The summed E-state index contributed by atoms with van der Waals surface area (Å²) in [5.74, 6) is 0.900. The number of rotatable bonds is 10. The Kier molecular flexibility index (Phi) is 8.78. The fourth-order valence-corrected chi connectivity index (χ4v) is 4.83. The third-order valence-corrected chi connectivity index (χ3v) is 6.93. The van der Waals surface area contributed by atoms with E-state index >= 15 is 0 Å². The van der Waals surface area contributed by atoms with Crippen LogP contribution in [0.2, 0.25) is 0 Å². The normalized spacial score (nSPS) is 18.9. The Morgan fingerprint density at radius 1 is 1.11 bits per heavy atom. The van der Waals surface area contributed by atoms with E-state index in [0.29, 0.717) is 19.7 Å². The summed E-state index contributed by atoms with van der Waals surface area (Å²) in [6.07, 6.45) is 3.89. The first-order valence-electron chi connectivity index (χ1n) is 13.0. The number of aryl methyl sites for hydroxylation is 1. The zero-order valence-corrected chi connectivity index (χ0v) is 21.6. The molecule has 36 heavy (non-hydrogen) atoms. The lowest BCUT2D eigenvalue weighted by Gasteiger charge is -2.18. The van der Waals surface area contributed by atoms with Gasteiger partial charge in [0.2, 0.25) is 0 Å². The summed E-state index contributed by atoms with van der Waals surface area (Å²) in [7, 11) is 1.84. The number of benzene rings is 2. The maximum atomic E-state index is 13.4. The van der Waals surface area contributed by atoms with Crippen LogP contribution in [0.1, 0.15) is 48.2 Å². The average molecular weight is 492 g/mol. The number of anilines is 1. The molecule has 1 aliphatic carbocycles. The zero-order chi connectivity index (χ0) is 25.5. The minimum absolute atomic E-state index is 0.0608. The molecule has 192 valence electrons. The summed E-state index contributed by atoms with van der Waals surface area (Å²) < 4.78 is 11.3. The predicted molar refractivity (Wildman–Crippen MR) is 143 cm³/mol. The highest BCUT2D eigenvalue weighted by Gasteiger charge is 2.32. The zero-order valence-electron chi connectivity index (χ0n) is 21.6. The molecule has 0 radical (unpaired) electrons. The van der Waals surface area contributed by atoms with Crippen molar-refractivity contribution in [3.05, 3.63) is 64.7 Å². The number of likely N-dealkylation sites (N-methyl/N-ethyl adjacent to an activating group) is 2. The molecule has 0 aromatic heterocycles. The van der Waals surface area contributed by atoms with Gasteiger partial charge in [-0.1, -0.05) is 26.0 Å². The molecule has 1 amide bonds. The fourth-order valence-electron chi connectivity index (χ4n) is 4.83. The van der Waals surface area contributed by atoms with Crippen LogP contribution in [0.4, 0.5) is 10.5 Å². The van der Waals surface area contributed by atoms with Gasteiger partial charge in [0.1, 0.15) is 18.5 Å². The molecule has 1 saturated heterocycles. The molecule has 4 rings (SSSR count). The number of nitrogens with one attached hydrogen (secondary N) is 1. The molecule has 0 saturated carbocycles. The van der Waals surface area contributed by atoms with E-state index in [0.717, 1.165) is 72.6 Å². The quantitative estimate of drug-likeness (QED) is 0.388. The maximum absolute atomic E-state index is 13.4. The van der Waals surface area contributed by atoms with Crippen molar-refractivity contribution in [1.29, 1.82) is 0 Å². The number of hydrogen-bond acceptors (Lipinski definition) is 6. The summed E-state index contributed by atoms with van der Waals surface area (Å²) in [4.78, 5) is 29.7. The van der Waals surface area contributed by atoms with Crippen molar-refractivity contribution in [3.63, 3.8) is 0 Å². The topological polar surface area (TPSA) is 71.1 Å². The Balaban J connectivity index is 1.44. The highest BCUT2D eigenvalue weighted by atomic mass is 16.6. The molecule has 0 spiro atoms. The van der Waals surface area contributed by atoms with E-state index < -0.39 is 0 Å². The maximum Gasteiger partial charge on any atom is 0.414 e. The van der Waals surface area contributed by atoms with E-state index in [1.165, 1.54) is 0 Å².